The van der Waals surface area contributed by atoms with Gasteiger partial charge >= 0.3 is 0 Å². The third-order valence-corrected chi connectivity index (χ3v) is 4.21. The summed E-state index contributed by atoms with van der Waals surface area (Å²) >= 11 is 0. The van der Waals surface area contributed by atoms with Crippen LogP contribution in [0.25, 0.3) is 11.5 Å². The smallest absolute Gasteiger partial charge is 0.258 e. The lowest BCUT2D eigenvalue weighted by Crippen LogP contribution is -2.40. The first kappa shape index (κ1) is 14.7. The lowest BCUT2D eigenvalue weighted by atomic mass is 10.0. The Labute approximate surface area is 129 Å². The van der Waals surface area contributed by atoms with Crippen LogP contribution in [0.2, 0.25) is 0 Å². The Morgan fingerprint density at radius 2 is 2.23 bits per heavy atom. The Kier molecular flexibility index (Phi) is 4.20. The molecule has 1 aromatic carbocycles. The molecular weight excluding hydrogens is 280 g/mol. The first-order chi connectivity index (χ1) is 10.7. The molecule has 2 unspecified atom stereocenters. The number of benzene rings is 1. The Morgan fingerprint density at radius 3 is 2.95 bits per heavy atom. The van der Waals surface area contributed by atoms with E-state index < -0.39 is 0 Å². The second kappa shape index (κ2) is 6.27. The van der Waals surface area contributed by atoms with Crippen LogP contribution in [-0.2, 0) is 0 Å². The van der Waals surface area contributed by atoms with Crippen molar-refractivity contribution in [1.29, 1.82) is 0 Å². The molecule has 116 valence electrons. The van der Waals surface area contributed by atoms with Gasteiger partial charge in [-0.15, -0.1) is 0 Å². The lowest BCUT2D eigenvalue weighted by Gasteiger charge is -2.20. The van der Waals surface area contributed by atoms with E-state index in [1.807, 2.05) is 18.2 Å². The summed E-state index contributed by atoms with van der Waals surface area (Å²) in [7, 11) is 0. The average molecular weight is 300 g/mol. The summed E-state index contributed by atoms with van der Waals surface area (Å²) in [6, 6.07) is 7.42. The molecule has 0 spiro atoms. The molecule has 0 saturated heterocycles. The van der Waals surface area contributed by atoms with Crippen LogP contribution in [0, 0.1) is 12.8 Å². The van der Waals surface area contributed by atoms with Gasteiger partial charge in [-0.05, 0) is 44.4 Å². The van der Waals surface area contributed by atoms with Gasteiger partial charge in [0.25, 0.3) is 11.8 Å². The van der Waals surface area contributed by atoms with Crippen LogP contribution in [0.1, 0.15) is 35.4 Å². The van der Waals surface area contributed by atoms with E-state index >= 15 is 0 Å². The Balaban J connectivity index is 1.84. The molecule has 1 heterocycles. The van der Waals surface area contributed by atoms with Crippen LogP contribution in [-0.4, -0.2) is 28.6 Å². The minimum atomic E-state index is -0.114. The molecule has 1 aliphatic carbocycles. The first-order valence-electron chi connectivity index (χ1n) is 7.59. The quantitative estimate of drug-likeness (QED) is 0.899. The summed E-state index contributed by atoms with van der Waals surface area (Å²) in [5.41, 5.74) is 6.98. The van der Waals surface area contributed by atoms with Crippen molar-refractivity contribution >= 4 is 5.91 Å². The molecule has 0 bridgehead atoms. The van der Waals surface area contributed by atoms with Crippen molar-refractivity contribution in [2.24, 2.45) is 11.7 Å². The number of nitrogens with zero attached hydrogens (tertiary/aromatic N) is 2. The van der Waals surface area contributed by atoms with Crippen molar-refractivity contribution in [2.45, 2.75) is 32.2 Å². The average Bonchev–Trinajstić information content (AvgIpc) is 3.16. The largest absolute Gasteiger partial charge is 0.349 e. The van der Waals surface area contributed by atoms with E-state index in [-0.39, 0.29) is 11.9 Å². The molecule has 1 fully saturated rings. The summed E-state index contributed by atoms with van der Waals surface area (Å²) in [6.07, 6.45) is 3.17. The second-order valence-electron chi connectivity index (χ2n) is 5.70. The highest BCUT2D eigenvalue weighted by molar-refractivity contribution is 6.00. The summed E-state index contributed by atoms with van der Waals surface area (Å²) in [4.78, 5) is 16.8. The summed E-state index contributed by atoms with van der Waals surface area (Å²) < 4.78 is 5.19. The van der Waals surface area contributed by atoms with E-state index in [1.165, 1.54) is 0 Å². The van der Waals surface area contributed by atoms with Gasteiger partial charge in [0.15, 0.2) is 5.82 Å². The monoisotopic (exact) mass is 300 g/mol. The van der Waals surface area contributed by atoms with E-state index in [9.17, 15) is 4.79 Å². The molecule has 2 aromatic rings. The van der Waals surface area contributed by atoms with Gasteiger partial charge in [0.1, 0.15) is 0 Å². The number of hydrogen-bond acceptors (Lipinski definition) is 5. The topological polar surface area (TPSA) is 94.0 Å². The van der Waals surface area contributed by atoms with Gasteiger partial charge in [0.05, 0.1) is 11.1 Å². The zero-order valence-corrected chi connectivity index (χ0v) is 12.6. The molecule has 1 aromatic heterocycles. The molecule has 3 rings (SSSR count). The molecule has 1 saturated carbocycles. The standard InChI is InChI=1S/C16H20N4O2/c1-10-18-16(22-20-10)13-7-3-2-6-12(13)15(21)19-14-8-4-5-11(14)9-17/h2-3,6-7,11,14H,4-5,8-9,17H2,1H3,(H,19,21). The van der Waals surface area contributed by atoms with Gasteiger partial charge < -0.3 is 15.6 Å². The highest BCUT2D eigenvalue weighted by Gasteiger charge is 2.28. The SMILES string of the molecule is Cc1noc(-c2ccccc2C(=O)NC2CCCC2CN)n1. The minimum absolute atomic E-state index is 0.114. The molecule has 22 heavy (non-hydrogen) atoms. The van der Waals surface area contributed by atoms with Crippen molar-refractivity contribution in [3.63, 3.8) is 0 Å². The molecule has 1 amide bonds. The molecular formula is C16H20N4O2. The Morgan fingerprint density at radius 1 is 1.41 bits per heavy atom. The lowest BCUT2D eigenvalue weighted by molar-refractivity contribution is 0.0929. The molecule has 1 aliphatic rings. The van der Waals surface area contributed by atoms with Gasteiger partial charge in [-0.25, -0.2) is 0 Å². The van der Waals surface area contributed by atoms with Gasteiger partial charge in [-0.3, -0.25) is 4.79 Å². The number of aromatic nitrogens is 2. The predicted octanol–water partition coefficient (Wildman–Crippen LogP) is 1.90. The number of hydrogen-bond donors (Lipinski definition) is 2. The second-order valence-corrected chi connectivity index (χ2v) is 5.70. The minimum Gasteiger partial charge on any atom is -0.349 e. The van der Waals surface area contributed by atoms with E-state index in [0.29, 0.717) is 35.3 Å². The molecule has 0 aliphatic heterocycles. The molecule has 6 nitrogen and oxygen atoms in total. The number of rotatable bonds is 4. The first-order valence-corrected chi connectivity index (χ1v) is 7.59. The molecule has 0 radical (unpaired) electrons. The number of amides is 1. The third kappa shape index (κ3) is 2.87. The van der Waals surface area contributed by atoms with E-state index in [1.54, 1.807) is 13.0 Å². The maximum atomic E-state index is 12.6. The number of carbonyl (C=O) groups is 1. The van der Waals surface area contributed by atoms with E-state index in [0.717, 1.165) is 19.3 Å². The third-order valence-electron chi connectivity index (χ3n) is 4.21. The van der Waals surface area contributed by atoms with Gasteiger partial charge in [-0.1, -0.05) is 23.7 Å². The summed E-state index contributed by atoms with van der Waals surface area (Å²) in [5.74, 6) is 1.16. The van der Waals surface area contributed by atoms with Crippen molar-refractivity contribution in [2.75, 3.05) is 6.54 Å². The number of nitrogens with one attached hydrogen (secondary N) is 1. The zero-order valence-electron chi connectivity index (χ0n) is 12.6. The number of aryl methyl sites for hydroxylation is 1. The Hall–Kier alpha value is -2.21. The fourth-order valence-corrected chi connectivity index (χ4v) is 3.03. The Bertz CT molecular complexity index is 668. The van der Waals surface area contributed by atoms with E-state index in [4.69, 9.17) is 10.3 Å². The van der Waals surface area contributed by atoms with Crippen LogP contribution < -0.4 is 11.1 Å². The van der Waals surface area contributed by atoms with Crippen LogP contribution in [0.4, 0.5) is 0 Å². The fourth-order valence-electron chi connectivity index (χ4n) is 3.03. The van der Waals surface area contributed by atoms with Crippen molar-refractivity contribution < 1.29 is 9.32 Å². The summed E-state index contributed by atoms with van der Waals surface area (Å²) in [6.45, 7) is 2.36. The molecule has 6 heteroatoms. The van der Waals surface area contributed by atoms with Crippen LogP contribution in [0.3, 0.4) is 0 Å². The van der Waals surface area contributed by atoms with Gasteiger partial charge in [0.2, 0.25) is 0 Å². The van der Waals surface area contributed by atoms with Crippen molar-refractivity contribution in [3.8, 4) is 11.5 Å². The number of carbonyl (C=O) groups excluding carboxylic acids is 1. The van der Waals surface area contributed by atoms with Crippen molar-refractivity contribution in [1.82, 2.24) is 15.5 Å². The van der Waals surface area contributed by atoms with Crippen LogP contribution >= 0.6 is 0 Å². The van der Waals surface area contributed by atoms with Gasteiger partial charge in [0, 0.05) is 6.04 Å². The summed E-state index contributed by atoms with van der Waals surface area (Å²) in [5, 5.41) is 6.89. The highest BCUT2D eigenvalue weighted by atomic mass is 16.5. The van der Waals surface area contributed by atoms with Gasteiger partial charge in [-0.2, -0.15) is 4.98 Å². The highest BCUT2D eigenvalue weighted by Crippen LogP contribution is 2.26. The normalized spacial score (nSPS) is 21.0. The van der Waals surface area contributed by atoms with Crippen LogP contribution in [0.15, 0.2) is 28.8 Å². The zero-order chi connectivity index (χ0) is 15.5. The molecule has 2 atom stereocenters. The maximum Gasteiger partial charge on any atom is 0.258 e. The molecule has 3 N–H and O–H groups in total. The predicted molar refractivity (Wildman–Crippen MR) is 82.1 cm³/mol. The van der Waals surface area contributed by atoms with Crippen LogP contribution in [0.5, 0.6) is 0 Å². The fraction of sp³-hybridized carbons (Fsp3) is 0.438. The number of nitrogens with two attached hydrogens (primary N) is 1. The van der Waals surface area contributed by atoms with Crippen molar-refractivity contribution in [3.05, 3.63) is 35.7 Å². The van der Waals surface area contributed by atoms with E-state index in [2.05, 4.69) is 15.5 Å². The maximum absolute atomic E-state index is 12.6.